The van der Waals surface area contributed by atoms with Crippen molar-refractivity contribution >= 4 is 28.4 Å². The highest BCUT2D eigenvalue weighted by Gasteiger charge is 2.38. The zero-order valence-corrected chi connectivity index (χ0v) is 22.4. The maximum atomic E-state index is 13.4. The van der Waals surface area contributed by atoms with E-state index in [0.717, 1.165) is 5.56 Å². The molecular formula is C28H21ClF3N5O4. The number of carbonyl (C=O) groups is 1. The number of ether oxygens (including phenoxy) is 1. The molecule has 0 aliphatic heterocycles. The summed E-state index contributed by atoms with van der Waals surface area (Å²) in [5.41, 5.74) is 2.09. The normalized spacial score (nSPS) is 12.4. The fourth-order valence-electron chi connectivity index (χ4n) is 4.54. The maximum Gasteiger partial charge on any atom is 0.470 e. The molecule has 0 radical (unpaired) electrons. The van der Waals surface area contributed by atoms with Gasteiger partial charge in [0.15, 0.2) is 5.78 Å². The number of hydrogen-bond donors (Lipinski definition) is 0. The van der Waals surface area contributed by atoms with Gasteiger partial charge in [-0.15, -0.1) is 10.2 Å². The fourth-order valence-corrected chi connectivity index (χ4v) is 4.71. The number of nitrogens with zero attached hydrogens (tertiary/aromatic N) is 5. The van der Waals surface area contributed by atoms with Gasteiger partial charge in [0.05, 0.1) is 30.4 Å². The molecule has 5 rings (SSSR count). The maximum absolute atomic E-state index is 13.4. The van der Waals surface area contributed by atoms with Gasteiger partial charge in [-0.2, -0.15) is 13.2 Å². The van der Waals surface area contributed by atoms with Crippen LogP contribution in [0.4, 0.5) is 13.2 Å². The van der Waals surface area contributed by atoms with E-state index >= 15 is 0 Å². The van der Waals surface area contributed by atoms with E-state index in [1.54, 1.807) is 37.5 Å². The second-order valence-corrected chi connectivity index (χ2v) is 9.48. The van der Waals surface area contributed by atoms with Crippen LogP contribution in [0.5, 0.6) is 5.75 Å². The van der Waals surface area contributed by atoms with E-state index in [-0.39, 0.29) is 39.7 Å². The predicted octanol–water partition coefficient (Wildman–Crippen LogP) is 5.95. The molecule has 0 amide bonds. The highest BCUT2D eigenvalue weighted by Crippen LogP contribution is 2.39. The van der Waals surface area contributed by atoms with Crippen molar-refractivity contribution in [1.82, 2.24) is 24.7 Å². The van der Waals surface area contributed by atoms with Crippen LogP contribution in [-0.2, 0) is 17.4 Å². The molecule has 0 bridgehead atoms. The Morgan fingerprint density at radius 2 is 1.78 bits per heavy atom. The Balaban J connectivity index is 1.52. The van der Waals surface area contributed by atoms with Crippen LogP contribution in [0, 0.1) is 0 Å². The third-order valence-electron chi connectivity index (χ3n) is 6.44. The number of hydrogen-bond acceptors (Lipinski definition) is 8. The highest BCUT2D eigenvalue weighted by atomic mass is 35.5. The molecule has 2 aromatic carbocycles. The monoisotopic (exact) mass is 583 g/mol. The molecule has 13 heteroatoms. The Labute approximate surface area is 235 Å². The molecule has 0 aliphatic rings. The summed E-state index contributed by atoms with van der Waals surface area (Å²) in [7, 11) is 1.37. The lowest BCUT2D eigenvalue weighted by atomic mass is 9.98. The summed E-state index contributed by atoms with van der Waals surface area (Å²) < 4.78 is 51.0. The number of rotatable bonds is 8. The van der Waals surface area contributed by atoms with Crippen LogP contribution in [-0.4, -0.2) is 37.6 Å². The van der Waals surface area contributed by atoms with E-state index in [0.29, 0.717) is 17.5 Å². The van der Waals surface area contributed by atoms with Gasteiger partial charge in [0.25, 0.3) is 5.56 Å². The average molecular weight is 584 g/mol. The molecule has 1 unspecified atom stereocenters. The van der Waals surface area contributed by atoms with E-state index in [9.17, 15) is 22.8 Å². The number of benzene rings is 2. The molecule has 9 nitrogen and oxygen atoms in total. The predicted molar refractivity (Wildman–Crippen MR) is 144 cm³/mol. The van der Waals surface area contributed by atoms with Crippen molar-refractivity contribution in [3.63, 3.8) is 0 Å². The van der Waals surface area contributed by atoms with Crippen molar-refractivity contribution in [2.24, 2.45) is 0 Å². The van der Waals surface area contributed by atoms with Crippen LogP contribution in [0.1, 0.15) is 30.8 Å². The van der Waals surface area contributed by atoms with Crippen molar-refractivity contribution in [3.8, 4) is 28.3 Å². The van der Waals surface area contributed by atoms with Crippen molar-refractivity contribution < 1.29 is 27.1 Å². The van der Waals surface area contributed by atoms with Gasteiger partial charge in [0.2, 0.25) is 5.89 Å². The van der Waals surface area contributed by atoms with Crippen molar-refractivity contribution in [2.45, 2.75) is 32.0 Å². The number of pyridine rings is 1. The van der Waals surface area contributed by atoms with Gasteiger partial charge < -0.3 is 13.7 Å². The van der Waals surface area contributed by atoms with Crippen LogP contribution in [0.15, 0.2) is 70.3 Å². The molecule has 3 aromatic heterocycles. The Hall–Kier alpha value is -4.58. The van der Waals surface area contributed by atoms with Crippen LogP contribution in [0.2, 0.25) is 5.02 Å². The van der Waals surface area contributed by atoms with Gasteiger partial charge in [0.1, 0.15) is 5.75 Å². The standard InChI is InChI=1S/C28H21ClF3N5O4/c1-3-22(23(38)11-15-4-7-20-21(10-15)34-9-8-33-20)37-14-24(40-2)19(13-25(37)39)18-12-16(29)5-6-17(18)26-35-36-27(41-26)28(30,31)32/h4-10,12-14,22H,3,11H2,1-2H3. The molecule has 0 spiro atoms. The summed E-state index contributed by atoms with van der Waals surface area (Å²) in [5, 5.41) is 6.86. The van der Waals surface area contributed by atoms with Gasteiger partial charge >= 0.3 is 12.1 Å². The van der Waals surface area contributed by atoms with Gasteiger partial charge in [0, 0.05) is 41.0 Å². The summed E-state index contributed by atoms with van der Waals surface area (Å²) in [4.78, 5) is 35.3. The highest BCUT2D eigenvalue weighted by molar-refractivity contribution is 6.31. The van der Waals surface area contributed by atoms with E-state index in [1.807, 2.05) is 0 Å². The lowest BCUT2D eigenvalue weighted by Crippen LogP contribution is -2.30. The zero-order chi connectivity index (χ0) is 29.3. The van der Waals surface area contributed by atoms with E-state index in [1.165, 1.54) is 42.1 Å². The molecule has 0 saturated heterocycles. The van der Waals surface area contributed by atoms with Gasteiger partial charge in [-0.3, -0.25) is 19.6 Å². The van der Waals surface area contributed by atoms with Crippen LogP contribution >= 0.6 is 11.6 Å². The van der Waals surface area contributed by atoms with Crippen LogP contribution < -0.4 is 10.3 Å². The van der Waals surface area contributed by atoms with Crippen LogP contribution in [0.25, 0.3) is 33.6 Å². The minimum atomic E-state index is -4.84. The number of alkyl halides is 3. The first-order valence-electron chi connectivity index (χ1n) is 12.3. The SMILES string of the molecule is CCC(C(=O)Cc1ccc2nccnc2c1)n1cc(OC)c(-c2cc(Cl)ccc2-c2nnc(C(F)(F)F)o2)cc1=O. The second-order valence-electron chi connectivity index (χ2n) is 9.05. The van der Waals surface area contributed by atoms with Gasteiger partial charge in [-0.1, -0.05) is 24.6 Å². The first kappa shape index (κ1) is 28.0. The smallest absolute Gasteiger partial charge is 0.470 e. The Morgan fingerprint density at radius 1 is 1.02 bits per heavy atom. The fraction of sp³-hybridized carbons (Fsp3) is 0.214. The Bertz CT molecular complexity index is 1820. The first-order valence-corrected chi connectivity index (χ1v) is 12.7. The summed E-state index contributed by atoms with van der Waals surface area (Å²) in [6.07, 6.45) is 0.0815. The molecule has 1 atom stereocenters. The third-order valence-corrected chi connectivity index (χ3v) is 6.68. The molecule has 41 heavy (non-hydrogen) atoms. The molecule has 0 N–H and O–H groups in total. The first-order chi connectivity index (χ1) is 19.6. The molecule has 5 aromatic rings. The molecule has 0 fully saturated rings. The minimum Gasteiger partial charge on any atom is -0.495 e. The summed E-state index contributed by atoms with van der Waals surface area (Å²) >= 11 is 6.20. The average Bonchev–Trinajstić information content (AvgIpc) is 3.45. The summed E-state index contributed by atoms with van der Waals surface area (Å²) in [6, 6.07) is 10.1. The number of fused-ring (bicyclic) bond motifs is 1. The number of ketones is 1. The number of aromatic nitrogens is 5. The summed E-state index contributed by atoms with van der Waals surface area (Å²) in [5.74, 6) is -1.96. The number of methoxy groups -OCH3 is 1. The molecule has 0 saturated carbocycles. The number of halogens is 4. The lowest BCUT2D eigenvalue weighted by molar-refractivity contribution is -0.157. The lowest BCUT2D eigenvalue weighted by Gasteiger charge is -2.20. The molecule has 0 aliphatic carbocycles. The number of Topliss-reactive ketones (excluding diaryl/α,β-unsaturated/α-hetero) is 1. The Morgan fingerprint density at radius 3 is 2.46 bits per heavy atom. The van der Waals surface area contributed by atoms with Crippen molar-refractivity contribution in [2.75, 3.05) is 7.11 Å². The third kappa shape index (κ3) is 5.68. The quantitative estimate of drug-likeness (QED) is 0.220. The minimum absolute atomic E-state index is 0.0542. The molecule has 3 heterocycles. The topological polar surface area (TPSA) is 113 Å². The molecule has 210 valence electrons. The van der Waals surface area contributed by atoms with Crippen LogP contribution in [0.3, 0.4) is 0 Å². The van der Waals surface area contributed by atoms with Gasteiger partial charge in [-0.25, -0.2) is 0 Å². The van der Waals surface area contributed by atoms with Crippen molar-refractivity contribution in [1.29, 1.82) is 0 Å². The van der Waals surface area contributed by atoms with E-state index in [2.05, 4.69) is 20.2 Å². The zero-order valence-electron chi connectivity index (χ0n) is 21.6. The summed E-state index contributed by atoms with van der Waals surface area (Å²) in [6.45, 7) is 1.78. The largest absolute Gasteiger partial charge is 0.495 e. The van der Waals surface area contributed by atoms with Crippen molar-refractivity contribution in [3.05, 3.63) is 87.9 Å². The van der Waals surface area contributed by atoms with Gasteiger partial charge in [-0.05, 0) is 47.9 Å². The van der Waals surface area contributed by atoms with E-state index in [4.69, 9.17) is 20.8 Å². The second kappa shape index (κ2) is 11.1. The Kier molecular flexibility index (Phi) is 7.59. The number of carbonyl (C=O) groups excluding carboxylic acids is 1. The molecular weight excluding hydrogens is 563 g/mol. The van der Waals surface area contributed by atoms with E-state index < -0.39 is 29.6 Å².